The third-order valence-electron chi connectivity index (χ3n) is 3.79. The lowest BCUT2D eigenvalue weighted by Crippen LogP contribution is -2.40. The normalized spacial score (nSPS) is 30.6. The second kappa shape index (κ2) is 5.23. The van der Waals surface area contributed by atoms with Crippen LogP contribution in [0.1, 0.15) is 43.1 Å². The maximum Gasteiger partial charge on any atom is 0.131 e. The topological polar surface area (TPSA) is 37.8 Å². The molecule has 0 radical (unpaired) electrons. The second-order valence-corrected chi connectivity index (χ2v) is 6.24. The Kier molecular flexibility index (Phi) is 3.92. The van der Waals surface area contributed by atoms with Gasteiger partial charge < -0.3 is 5.32 Å². The fourth-order valence-corrected chi connectivity index (χ4v) is 3.16. The van der Waals surface area contributed by atoms with Crippen molar-refractivity contribution in [3.05, 3.63) is 10.0 Å². The van der Waals surface area contributed by atoms with Gasteiger partial charge in [0.25, 0.3) is 0 Å². The summed E-state index contributed by atoms with van der Waals surface area (Å²) in [6.45, 7) is 7.63. The number of aryl methyl sites for hydroxylation is 1. The van der Waals surface area contributed by atoms with Gasteiger partial charge in [0.2, 0.25) is 0 Å². The summed E-state index contributed by atoms with van der Waals surface area (Å²) in [4.78, 5) is 0. The van der Waals surface area contributed by atoms with E-state index in [4.69, 9.17) is 0 Å². The monoisotopic (exact) mass is 239 g/mol. The Morgan fingerprint density at radius 1 is 1.31 bits per heavy atom. The largest absolute Gasteiger partial charge is 0.307 e. The van der Waals surface area contributed by atoms with Gasteiger partial charge in [-0.15, -0.1) is 21.5 Å². The van der Waals surface area contributed by atoms with Gasteiger partial charge in [-0.05, 0) is 25.2 Å². The highest BCUT2D eigenvalue weighted by Crippen LogP contribution is 2.29. The molecule has 0 saturated heterocycles. The summed E-state index contributed by atoms with van der Waals surface area (Å²) < 4.78 is 0. The molecule has 0 amide bonds. The molecule has 1 aliphatic carbocycles. The lowest BCUT2D eigenvalue weighted by molar-refractivity contribution is 0.206. The van der Waals surface area contributed by atoms with Gasteiger partial charge in [0, 0.05) is 12.6 Å². The molecule has 3 atom stereocenters. The summed E-state index contributed by atoms with van der Waals surface area (Å²) in [6.07, 6.45) is 4.05. The molecule has 2 rings (SSSR count). The van der Waals surface area contributed by atoms with Gasteiger partial charge in [0.1, 0.15) is 10.0 Å². The molecule has 3 nitrogen and oxygen atoms in total. The predicted octanol–water partition coefficient (Wildman–Crippen LogP) is 2.76. The van der Waals surface area contributed by atoms with Crippen LogP contribution in [0.3, 0.4) is 0 Å². The molecule has 0 spiro atoms. The lowest BCUT2D eigenvalue weighted by atomic mass is 9.78. The average molecular weight is 239 g/mol. The first-order valence-corrected chi connectivity index (χ1v) is 7.01. The summed E-state index contributed by atoms with van der Waals surface area (Å²) in [5.74, 6) is 1.63. The smallest absolute Gasteiger partial charge is 0.131 e. The maximum absolute atomic E-state index is 4.15. The summed E-state index contributed by atoms with van der Waals surface area (Å²) in [5.41, 5.74) is 0. The predicted molar refractivity (Wildman–Crippen MR) is 67.5 cm³/mol. The SMILES string of the molecule is Cc1nnc(CN[C@@H]2CCC[C@@H](C)[C@H]2C)s1. The Hall–Kier alpha value is -0.480. The first kappa shape index (κ1) is 12.0. The minimum atomic E-state index is 0.660. The van der Waals surface area contributed by atoms with Crippen molar-refractivity contribution in [1.82, 2.24) is 15.5 Å². The zero-order chi connectivity index (χ0) is 11.5. The molecule has 90 valence electrons. The number of hydrogen-bond donors (Lipinski definition) is 1. The Balaban J connectivity index is 1.85. The minimum Gasteiger partial charge on any atom is -0.307 e. The highest BCUT2D eigenvalue weighted by molar-refractivity contribution is 7.11. The zero-order valence-electron chi connectivity index (χ0n) is 10.4. The number of nitrogens with zero attached hydrogens (tertiary/aromatic N) is 2. The zero-order valence-corrected chi connectivity index (χ0v) is 11.2. The van der Waals surface area contributed by atoms with Crippen molar-refractivity contribution in [2.24, 2.45) is 11.8 Å². The second-order valence-electron chi connectivity index (χ2n) is 4.97. The first-order chi connectivity index (χ1) is 7.66. The van der Waals surface area contributed by atoms with Crippen LogP contribution in [0.2, 0.25) is 0 Å². The number of hydrogen-bond acceptors (Lipinski definition) is 4. The van der Waals surface area contributed by atoms with E-state index < -0.39 is 0 Å². The van der Waals surface area contributed by atoms with Crippen LogP contribution in [-0.2, 0) is 6.54 Å². The van der Waals surface area contributed by atoms with E-state index >= 15 is 0 Å². The fraction of sp³-hybridized carbons (Fsp3) is 0.833. The van der Waals surface area contributed by atoms with Crippen LogP contribution in [-0.4, -0.2) is 16.2 Å². The third-order valence-corrected chi connectivity index (χ3v) is 4.63. The number of rotatable bonds is 3. The van der Waals surface area contributed by atoms with Crippen molar-refractivity contribution in [2.45, 2.75) is 52.6 Å². The first-order valence-electron chi connectivity index (χ1n) is 6.19. The van der Waals surface area contributed by atoms with Crippen molar-refractivity contribution < 1.29 is 0 Å². The van der Waals surface area contributed by atoms with E-state index in [1.807, 2.05) is 6.92 Å². The molecular formula is C12H21N3S. The van der Waals surface area contributed by atoms with Crippen molar-refractivity contribution >= 4 is 11.3 Å². The molecule has 1 aromatic rings. The van der Waals surface area contributed by atoms with Gasteiger partial charge in [0.05, 0.1) is 0 Å². The molecule has 0 aliphatic heterocycles. The van der Waals surface area contributed by atoms with Gasteiger partial charge in [-0.2, -0.15) is 0 Å². The van der Waals surface area contributed by atoms with Crippen molar-refractivity contribution in [1.29, 1.82) is 0 Å². The molecule has 16 heavy (non-hydrogen) atoms. The highest BCUT2D eigenvalue weighted by atomic mass is 32.1. The van der Waals surface area contributed by atoms with Crippen LogP contribution in [0.5, 0.6) is 0 Å². The van der Waals surface area contributed by atoms with Gasteiger partial charge in [0.15, 0.2) is 0 Å². The molecule has 1 heterocycles. The number of nitrogens with one attached hydrogen (secondary N) is 1. The van der Waals surface area contributed by atoms with Crippen molar-refractivity contribution in [3.8, 4) is 0 Å². The average Bonchev–Trinajstić information content (AvgIpc) is 2.67. The van der Waals surface area contributed by atoms with Crippen LogP contribution in [0, 0.1) is 18.8 Å². The number of aromatic nitrogens is 2. The Morgan fingerprint density at radius 3 is 2.81 bits per heavy atom. The molecule has 1 aliphatic rings. The van der Waals surface area contributed by atoms with Crippen LogP contribution in [0.4, 0.5) is 0 Å². The van der Waals surface area contributed by atoms with Crippen molar-refractivity contribution in [2.75, 3.05) is 0 Å². The maximum atomic E-state index is 4.15. The van der Waals surface area contributed by atoms with E-state index in [1.54, 1.807) is 11.3 Å². The van der Waals surface area contributed by atoms with Crippen molar-refractivity contribution in [3.63, 3.8) is 0 Å². The Morgan fingerprint density at radius 2 is 2.12 bits per heavy atom. The molecule has 1 saturated carbocycles. The molecule has 4 heteroatoms. The van der Waals surface area contributed by atoms with Gasteiger partial charge in [-0.25, -0.2) is 0 Å². The van der Waals surface area contributed by atoms with E-state index in [9.17, 15) is 0 Å². The van der Waals surface area contributed by atoms with Crippen LogP contribution in [0.25, 0.3) is 0 Å². The lowest BCUT2D eigenvalue weighted by Gasteiger charge is -2.34. The fourth-order valence-electron chi connectivity index (χ4n) is 2.50. The summed E-state index contributed by atoms with van der Waals surface area (Å²) in [6, 6.07) is 0.660. The van der Waals surface area contributed by atoms with E-state index in [0.717, 1.165) is 28.4 Å². The van der Waals surface area contributed by atoms with Crippen LogP contribution < -0.4 is 5.32 Å². The molecular weight excluding hydrogens is 218 g/mol. The van der Waals surface area contributed by atoms with E-state index in [1.165, 1.54) is 19.3 Å². The molecule has 1 N–H and O–H groups in total. The van der Waals surface area contributed by atoms with E-state index in [-0.39, 0.29) is 0 Å². The molecule has 0 bridgehead atoms. The van der Waals surface area contributed by atoms with Gasteiger partial charge in [-0.1, -0.05) is 26.7 Å². The minimum absolute atomic E-state index is 0.660. The summed E-state index contributed by atoms with van der Waals surface area (Å²) in [5, 5.41) is 14.0. The van der Waals surface area contributed by atoms with E-state index in [0.29, 0.717) is 6.04 Å². The molecule has 1 aromatic heterocycles. The third kappa shape index (κ3) is 2.80. The van der Waals surface area contributed by atoms with Crippen LogP contribution in [0.15, 0.2) is 0 Å². The molecule has 0 unspecified atom stereocenters. The quantitative estimate of drug-likeness (QED) is 0.881. The Labute approximate surface area is 102 Å². The molecule has 0 aromatic carbocycles. The van der Waals surface area contributed by atoms with E-state index in [2.05, 4.69) is 29.4 Å². The van der Waals surface area contributed by atoms with Gasteiger partial charge >= 0.3 is 0 Å². The summed E-state index contributed by atoms with van der Waals surface area (Å²) in [7, 11) is 0. The molecule has 1 fully saturated rings. The van der Waals surface area contributed by atoms with Gasteiger partial charge in [-0.3, -0.25) is 0 Å². The highest BCUT2D eigenvalue weighted by Gasteiger charge is 2.26. The van der Waals surface area contributed by atoms with Crippen LogP contribution >= 0.6 is 11.3 Å². The standard InChI is InChI=1S/C12H21N3S/c1-8-5-4-6-11(9(8)2)13-7-12-15-14-10(3)16-12/h8-9,11,13H,4-7H2,1-3H3/t8-,9-,11-/m1/s1. The summed E-state index contributed by atoms with van der Waals surface area (Å²) >= 11 is 1.69. The Bertz CT molecular complexity index is 337.